The van der Waals surface area contributed by atoms with E-state index in [0.29, 0.717) is 18.8 Å². The van der Waals surface area contributed by atoms with Crippen molar-refractivity contribution in [1.29, 1.82) is 0 Å². The lowest BCUT2D eigenvalue weighted by atomic mass is 10.2. The summed E-state index contributed by atoms with van der Waals surface area (Å²) in [6.07, 6.45) is 4.89. The number of carbonyl (C=O) groups excluding carboxylic acids is 2. The van der Waals surface area contributed by atoms with Gasteiger partial charge in [-0.3, -0.25) is 14.6 Å². The number of nitrogens with one attached hydrogen (secondary N) is 1. The number of hydrogen-bond acceptors (Lipinski definition) is 4. The molecule has 0 saturated heterocycles. The lowest BCUT2D eigenvalue weighted by Crippen LogP contribution is -2.39. The molecule has 2 heterocycles. The minimum atomic E-state index is -0.231. The summed E-state index contributed by atoms with van der Waals surface area (Å²) in [7, 11) is 0. The largest absolute Gasteiger partial charge is 0.467 e. The van der Waals surface area contributed by atoms with Crippen molar-refractivity contribution in [2.24, 2.45) is 0 Å². The van der Waals surface area contributed by atoms with Gasteiger partial charge >= 0.3 is 0 Å². The minimum absolute atomic E-state index is 0.00490. The summed E-state index contributed by atoms with van der Waals surface area (Å²) < 4.78 is 5.13. The Morgan fingerprint density at radius 1 is 1.33 bits per heavy atom. The number of aromatic nitrogens is 1. The van der Waals surface area contributed by atoms with Crippen molar-refractivity contribution >= 4 is 11.8 Å². The highest BCUT2D eigenvalue weighted by Crippen LogP contribution is 2.03. The van der Waals surface area contributed by atoms with Crippen LogP contribution in [0.5, 0.6) is 0 Å². The van der Waals surface area contributed by atoms with E-state index in [9.17, 15) is 9.59 Å². The zero-order valence-corrected chi connectivity index (χ0v) is 11.8. The van der Waals surface area contributed by atoms with E-state index in [0.717, 1.165) is 5.56 Å². The van der Waals surface area contributed by atoms with Crippen LogP contribution in [-0.4, -0.2) is 28.2 Å². The molecular formula is C15H17N3O3. The topological polar surface area (TPSA) is 75.4 Å². The summed E-state index contributed by atoms with van der Waals surface area (Å²) >= 11 is 0. The summed E-state index contributed by atoms with van der Waals surface area (Å²) in [5.74, 6) is 0.280. The van der Waals surface area contributed by atoms with Crippen molar-refractivity contribution in [3.05, 3.63) is 54.2 Å². The smallest absolute Gasteiger partial charge is 0.240 e. The quantitative estimate of drug-likeness (QED) is 0.870. The first kappa shape index (κ1) is 14.8. The molecule has 6 heteroatoms. The minimum Gasteiger partial charge on any atom is -0.467 e. The molecule has 0 aliphatic carbocycles. The second-order valence-electron chi connectivity index (χ2n) is 4.59. The maximum atomic E-state index is 11.9. The molecule has 0 atom stereocenters. The predicted molar refractivity (Wildman–Crippen MR) is 75.9 cm³/mol. The van der Waals surface area contributed by atoms with E-state index in [-0.39, 0.29) is 18.4 Å². The van der Waals surface area contributed by atoms with E-state index in [1.165, 1.54) is 11.8 Å². The molecule has 0 unspecified atom stereocenters. The van der Waals surface area contributed by atoms with Gasteiger partial charge < -0.3 is 14.6 Å². The molecule has 21 heavy (non-hydrogen) atoms. The Hall–Kier alpha value is -2.63. The molecule has 2 aromatic heterocycles. The third-order valence-electron chi connectivity index (χ3n) is 2.92. The summed E-state index contributed by atoms with van der Waals surface area (Å²) in [6.45, 7) is 2.11. The summed E-state index contributed by atoms with van der Waals surface area (Å²) in [6, 6.07) is 7.19. The van der Waals surface area contributed by atoms with E-state index in [4.69, 9.17) is 4.42 Å². The molecule has 2 rings (SSSR count). The fraction of sp³-hybridized carbons (Fsp3) is 0.267. The first-order chi connectivity index (χ1) is 10.1. The number of carbonyl (C=O) groups is 2. The van der Waals surface area contributed by atoms with Gasteiger partial charge in [-0.05, 0) is 23.8 Å². The first-order valence-electron chi connectivity index (χ1n) is 6.58. The molecule has 0 saturated carbocycles. The van der Waals surface area contributed by atoms with Gasteiger partial charge in [0.1, 0.15) is 5.76 Å². The summed E-state index contributed by atoms with van der Waals surface area (Å²) in [4.78, 5) is 29.0. The summed E-state index contributed by atoms with van der Waals surface area (Å²) in [5, 5.41) is 2.71. The average Bonchev–Trinajstić information content (AvgIpc) is 2.99. The molecule has 0 spiro atoms. The Kier molecular flexibility index (Phi) is 5.09. The Morgan fingerprint density at radius 3 is 2.81 bits per heavy atom. The number of hydrogen-bond donors (Lipinski definition) is 1. The Morgan fingerprint density at radius 2 is 2.19 bits per heavy atom. The SMILES string of the molecule is CC(=O)N(CC(=O)NCc1ccco1)Cc1cccnc1. The van der Waals surface area contributed by atoms with Crippen molar-refractivity contribution in [3.63, 3.8) is 0 Å². The lowest BCUT2D eigenvalue weighted by molar-refractivity contribution is -0.135. The standard InChI is InChI=1S/C15H17N3O3/c1-12(19)18(10-13-4-2-6-16-8-13)11-15(20)17-9-14-5-3-7-21-14/h2-8H,9-11H2,1H3,(H,17,20). The van der Waals surface area contributed by atoms with Gasteiger partial charge in [0.05, 0.1) is 19.4 Å². The van der Waals surface area contributed by atoms with Crippen LogP contribution >= 0.6 is 0 Å². The molecule has 0 fully saturated rings. The summed E-state index contributed by atoms with van der Waals surface area (Å²) in [5.41, 5.74) is 0.881. The van der Waals surface area contributed by atoms with Crippen LogP contribution in [0.25, 0.3) is 0 Å². The van der Waals surface area contributed by atoms with Gasteiger partial charge in [-0.1, -0.05) is 6.07 Å². The maximum absolute atomic E-state index is 11.9. The molecule has 0 aromatic carbocycles. The van der Waals surface area contributed by atoms with Crippen LogP contribution in [0.15, 0.2) is 47.3 Å². The lowest BCUT2D eigenvalue weighted by Gasteiger charge is -2.20. The molecule has 0 aliphatic heterocycles. The van der Waals surface area contributed by atoms with Gasteiger partial charge in [0.15, 0.2) is 0 Å². The van der Waals surface area contributed by atoms with Crippen molar-refractivity contribution in [1.82, 2.24) is 15.2 Å². The van der Waals surface area contributed by atoms with E-state index in [1.807, 2.05) is 6.07 Å². The number of nitrogens with zero attached hydrogens (tertiary/aromatic N) is 2. The van der Waals surface area contributed by atoms with Crippen molar-refractivity contribution < 1.29 is 14.0 Å². The van der Waals surface area contributed by atoms with E-state index < -0.39 is 0 Å². The molecule has 2 aromatic rings. The Balaban J connectivity index is 1.87. The van der Waals surface area contributed by atoms with Crippen LogP contribution in [0.2, 0.25) is 0 Å². The Bertz CT molecular complexity index is 581. The van der Waals surface area contributed by atoms with Gasteiger partial charge in [-0.25, -0.2) is 0 Å². The molecule has 0 bridgehead atoms. The van der Waals surface area contributed by atoms with Crippen molar-refractivity contribution in [2.45, 2.75) is 20.0 Å². The normalized spacial score (nSPS) is 10.1. The number of pyridine rings is 1. The maximum Gasteiger partial charge on any atom is 0.240 e. The third-order valence-corrected chi connectivity index (χ3v) is 2.92. The molecule has 2 amide bonds. The zero-order chi connectivity index (χ0) is 15.1. The van der Waals surface area contributed by atoms with Crippen LogP contribution in [0.1, 0.15) is 18.2 Å². The predicted octanol–water partition coefficient (Wildman–Crippen LogP) is 1.34. The van der Waals surface area contributed by atoms with Crippen LogP contribution < -0.4 is 5.32 Å². The highest BCUT2D eigenvalue weighted by atomic mass is 16.3. The first-order valence-corrected chi connectivity index (χ1v) is 6.58. The molecular weight excluding hydrogens is 270 g/mol. The molecule has 0 aliphatic rings. The second-order valence-corrected chi connectivity index (χ2v) is 4.59. The third kappa shape index (κ3) is 4.76. The zero-order valence-electron chi connectivity index (χ0n) is 11.8. The van der Waals surface area contributed by atoms with Gasteiger partial charge in [0.25, 0.3) is 0 Å². The molecule has 0 radical (unpaired) electrons. The van der Waals surface area contributed by atoms with Crippen LogP contribution in [-0.2, 0) is 22.7 Å². The fourth-order valence-corrected chi connectivity index (χ4v) is 1.82. The van der Waals surface area contributed by atoms with Gasteiger partial charge in [0, 0.05) is 25.9 Å². The van der Waals surface area contributed by atoms with Crippen molar-refractivity contribution in [3.8, 4) is 0 Å². The number of amides is 2. The van der Waals surface area contributed by atoms with Crippen LogP contribution in [0.3, 0.4) is 0 Å². The van der Waals surface area contributed by atoms with E-state index in [2.05, 4.69) is 10.3 Å². The molecule has 6 nitrogen and oxygen atoms in total. The van der Waals surface area contributed by atoms with Crippen LogP contribution in [0.4, 0.5) is 0 Å². The second kappa shape index (κ2) is 7.23. The van der Waals surface area contributed by atoms with Gasteiger partial charge in [-0.15, -0.1) is 0 Å². The molecule has 110 valence electrons. The van der Waals surface area contributed by atoms with E-state index >= 15 is 0 Å². The number of furan rings is 1. The van der Waals surface area contributed by atoms with Crippen LogP contribution in [0, 0.1) is 0 Å². The fourth-order valence-electron chi connectivity index (χ4n) is 1.82. The number of rotatable bonds is 6. The Labute approximate surface area is 122 Å². The van der Waals surface area contributed by atoms with Gasteiger partial charge in [0.2, 0.25) is 11.8 Å². The average molecular weight is 287 g/mol. The van der Waals surface area contributed by atoms with Crippen molar-refractivity contribution in [2.75, 3.05) is 6.54 Å². The highest BCUT2D eigenvalue weighted by Gasteiger charge is 2.14. The van der Waals surface area contributed by atoms with Gasteiger partial charge in [-0.2, -0.15) is 0 Å². The highest BCUT2D eigenvalue weighted by molar-refractivity contribution is 5.83. The molecule has 1 N–H and O–H groups in total. The van der Waals surface area contributed by atoms with E-state index in [1.54, 1.807) is 36.9 Å². The monoisotopic (exact) mass is 287 g/mol.